The van der Waals surface area contributed by atoms with E-state index in [1.807, 2.05) is 0 Å². The Morgan fingerprint density at radius 2 is 1.90 bits per heavy atom. The van der Waals surface area contributed by atoms with Crippen LogP contribution in [-0.2, 0) is 14.8 Å². The van der Waals surface area contributed by atoms with Gasteiger partial charge in [-0.1, -0.05) is 30.5 Å². The van der Waals surface area contributed by atoms with Gasteiger partial charge in [0.15, 0.2) is 0 Å². The number of carboxylic acids is 1. The van der Waals surface area contributed by atoms with Gasteiger partial charge in [-0.2, -0.15) is 0 Å². The summed E-state index contributed by atoms with van der Waals surface area (Å²) >= 11 is 5.75. The number of unbranched alkanes of at least 4 members (excludes halogenated alkanes) is 3. The van der Waals surface area contributed by atoms with E-state index in [-0.39, 0.29) is 11.3 Å². The van der Waals surface area contributed by atoms with Gasteiger partial charge in [0.2, 0.25) is 10.0 Å². The molecule has 1 aromatic rings. The van der Waals surface area contributed by atoms with E-state index in [1.54, 1.807) is 12.1 Å². The Bertz CT molecular complexity index is 545. The fourth-order valence-corrected chi connectivity index (χ4v) is 3.05. The van der Waals surface area contributed by atoms with Crippen LogP contribution in [0.3, 0.4) is 0 Å². The minimum absolute atomic E-state index is 0.149. The van der Waals surface area contributed by atoms with Crippen LogP contribution in [-0.4, -0.2) is 26.0 Å². The summed E-state index contributed by atoms with van der Waals surface area (Å²) in [7, 11) is -3.52. The standard InChI is InChI=1S/C13H18ClNO4S/c14-11-6-5-7-12(10-11)20(18,19)15-9-4-2-1-3-8-13(16)17/h5-7,10,15H,1-4,8-9H2,(H,16,17). The first kappa shape index (κ1) is 16.9. The van der Waals surface area contributed by atoms with Crippen molar-refractivity contribution in [1.29, 1.82) is 0 Å². The molecule has 112 valence electrons. The fraction of sp³-hybridized carbons (Fsp3) is 0.462. The molecule has 0 aliphatic rings. The van der Waals surface area contributed by atoms with Crippen LogP contribution in [0.4, 0.5) is 0 Å². The van der Waals surface area contributed by atoms with Gasteiger partial charge in [0, 0.05) is 18.0 Å². The highest BCUT2D eigenvalue weighted by Crippen LogP contribution is 2.15. The molecule has 7 heteroatoms. The van der Waals surface area contributed by atoms with Gasteiger partial charge in [-0.05, 0) is 31.0 Å². The molecule has 0 heterocycles. The van der Waals surface area contributed by atoms with E-state index < -0.39 is 16.0 Å². The topological polar surface area (TPSA) is 83.5 Å². The zero-order valence-corrected chi connectivity index (χ0v) is 12.6. The molecule has 0 aliphatic heterocycles. The molecule has 20 heavy (non-hydrogen) atoms. The molecule has 1 aromatic carbocycles. The van der Waals surface area contributed by atoms with E-state index in [0.717, 1.165) is 12.8 Å². The second-order valence-corrected chi connectivity index (χ2v) is 6.62. The van der Waals surface area contributed by atoms with Crippen LogP contribution < -0.4 is 4.72 Å². The van der Waals surface area contributed by atoms with Crippen molar-refractivity contribution in [2.75, 3.05) is 6.54 Å². The molecule has 0 spiro atoms. The molecule has 0 aliphatic carbocycles. The van der Waals surface area contributed by atoms with E-state index in [9.17, 15) is 13.2 Å². The molecule has 0 amide bonds. The maximum Gasteiger partial charge on any atom is 0.303 e. The van der Waals surface area contributed by atoms with E-state index in [1.165, 1.54) is 12.1 Å². The number of hydrogen-bond acceptors (Lipinski definition) is 3. The Labute approximate surface area is 124 Å². The van der Waals surface area contributed by atoms with Gasteiger partial charge in [0.25, 0.3) is 0 Å². The number of sulfonamides is 1. The SMILES string of the molecule is O=C(O)CCCCCCNS(=O)(=O)c1cccc(Cl)c1. The summed E-state index contributed by atoms with van der Waals surface area (Å²) in [6.07, 6.45) is 3.04. The van der Waals surface area contributed by atoms with Crippen molar-refractivity contribution >= 4 is 27.6 Å². The molecule has 2 N–H and O–H groups in total. The Kier molecular flexibility index (Phi) is 6.98. The monoisotopic (exact) mass is 319 g/mol. The van der Waals surface area contributed by atoms with Crippen molar-refractivity contribution < 1.29 is 18.3 Å². The molecule has 0 fully saturated rings. The summed E-state index contributed by atoms with van der Waals surface area (Å²) in [5.74, 6) is -0.799. The first-order valence-corrected chi connectivity index (χ1v) is 8.25. The third-order valence-electron chi connectivity index (χ3n) is 2.72. The van der Waals surface area contributed by atoms with Crippen molar-refractivity contribution in [3.8, 4) is 0 Å². The summed E-state index contributed by atoms with van der Waals surface area (Å²) in [5, 5.41) is 8.85. The van der Waals surface area contributed by atoms with Crippen LogP contribution in [0, 0.1) is 0 Å². The molecule has 0 saturated carbocycles. The van der Waals surface area contributed by atoms with E-state index in [0.29, 0.717) is 24.4 Å². The van der Waals surface area contributed by atoms with Crippen LogP contribution in [0.15, 0.2) is 29.2 Å². The van der Waals surface area contributed by atoms with Gasteiger partial charge in [-0.25, -0.2) is 13.1 Å². The smallest absolute Gasteiger partial charge is 0.303 e. The Morgan fingerprint density at radius 3 is 2.55 bits per heavy atom. The molecule has 0 radical (unpaired) electrons. The van der Waals surface area contributed by atoms with Gasteiger partial charge in [-0.3, -0.25) is 4.79 Å². The van der Waals surface area contributed by atoms with Crippen molar-refractivity contribution in [3.63, 3.8) is 0 Å². The predicted molar refractivity (Wildman–Crippen MR) is 77.4 cm³/mol. The third kappa shape index (κ3) is 6.36. The number of benzene rings is 1. The molecule has 1 rings (SSSR count). The molecule has 0 atom stereocenters. The minimum Gasteiger partial charge on any atom is -0.481 e. The number of aliphatic carboxylic acids is 1. The van der Waals surface area contributed by atoms with Crippen LogP contribution >= 0.6 is 11.6 Å². The second kappa shape index (κ2) is 8.24. The summed E-state index contributed by atoms with van der Waals surface area (Å²) in [5.41, 5.74) is 0. The lowest BCUT2D eigenvalue weighted by Gasteiger charge is -2.06. The van der Waals surface area contributed by atoms with Crippen molar-refractivity contribution in [2.45, 2.75) is 37.0 Å². The summed E-state index contributed by atoms with van der Waals surface area (Å²) < 4.78 is 26.3. The first-order valence-electron chi connectivity index (χ1n) is 6.39. The van der Waals surface area contributed by atoms with Crippen LogP contribution in [0.2, 0.25) is 5.02 Å². The minimum atomic E-state index is -3.52. The zero-order valence-electron chi connectivity index (χ0n) is 11.0. The molecule has 0 bridgehead atoms. The lowest BCUT2D eigenvalue weighted by molar-refractivity contribution is -0.137. The average Bonchev–Trinajstić information content (AvgIpc) is 2.37. The van der Waals surface area contributed by atoms with Gasteiger partial charge in [0.1, 0.15) is 0 Å². The number of rotatable bonds is 9. The zero-order chi connectivity index (χ0) is 15.0. The van der Waals surface area contributed by atoms with Crippen LogP contribution in [0.25, 0.3) is 0 Å². The number of hydrogen-bond donors (Lipinski definition) is 2. The maximum absolute atomic E-state index is 11.9. The number of carboxylic acid groups (broad SMARTS) is 1. The lowest BCUT2D eigenvalue weighted by atomic mass is 10.1. The largest absolute Gasteiger partial charge is 0.481 e. The number of carbonyl (C=O) groups is 1. The van der Waals surface area contributed by atoms with Crippen molar-refractivity contribution in [2.24, 2.45) is 0 Å². The quantitative estimate of drug-likeness (QED) is 0.685. The summed E-state index contributed by atoms with van der Waals surface area (Å²) in [6, 6.07) is 6.09. The predicted octanol–water partition coefficient (Wildman–Crippen LogP) is 2.65. The molecule has 0 unspecified atom stereocenters. The first-order chi connectivity index (χ1) is 9.42. The van der Waals surface area contributed by atoms with Crippen molar-refractivity contribution in [3.05, 3.63) is 29.3 Å². The highest BCUT2D eigenvalue weighted by Gasteiger charge is 2.13. The number of halogens is 1. The molecular weight excluding hydrogens is 302 g/mol. The Morgan fingerprint density at radius 1 is 1.20 bits per heavy atom. The van der Waals surface area contributed by atoms with Gasteiger partial charge in [-0.15, -0.1) is 0 Å². The highest BCUT2D eigenvalue weighted by molar-refractivity contribution is 7.89. The Hall–Kier alpha value is -1.11. The van der Waals surface area contributed by atoms with Gasteiger partial charge < -0.3 is 5.11 Å². The van der Waals surface area contributed by atoms with Crippen LogP contribution in [0.5, 0.6) is 0 Å². The number of nitrogens with one attached hydrogen (secondary N) is 1. The second-order valence-electron chi connectivity index (χ2n) is 4.41. The maximum atomic E-state index is 11.9. The molecular formula is C13H18ClNO4S. The lowest BCUT2D eigenvalue weighted by Crippen LogP contribution is -2.24. The normalized spacial score (nSPS) is 11.4. The van der Waals surface area contributed by atoms with E-state index >= 15 is 0 Å². The summed E-state index contributed by atoms with van der Waals surface area (Å²) in [6.45, 7) is 0.335. The highest BCUT2D eigenvalue weighted by atomic mass is 35.5. The molecule has 5 nitrogen and oxygen atoms in total. The Balaban J connectivity index is 2.29. The van der Waals surface area contributed by atoms with Gasteiger partial charge >= 0.3 is 5.97 Å². The fourth-order valence-electron chi connectivity index (χ4n) is 1.68. The average molecular weight is 320 g/mol. The summed E-state index contributed by atoms with van der Waals surface area (Å²) in [4.78, 5) is 10.5. The van der Waals surface area contributed by atoms with Crippen molar-refractivity contribution in [1.82, 2.24) is 4.72 Å². The van der Waals surface area contributed by atoms with E-state index in [2.05, 4.69) is 4.72 Å². The van der Waals surface area contributed by atoms with E-state index in [4.69, 9.17) is 16.7 Å². The molecule has 0 aromatic heterocycles. The van der Waals surface area contributed by atoms with Crippen LogP contribution in [0.1, 0.15) is 32.1 Å². The third-order valence-corrected chi connectivity index (χ3v) is 4.41. The molecule has 0 saturated heterocycles. The van der Waals surface area contributed by atoms with Gasteiger partial charge in [0.05, 0.1) is 4.90 Å².